The van der Waals surface area contributed by atoms with Gasteiger partial charge >= 0.3 is 0 Å². The van der Waals surface area contributed by atoms with Gasteiger partial charge in [-0.3, -0.25) is 9.88 Å². The molecule has 0 radical (unpaired) electrons. The number of nitriles is 1. The van der Waals surface area contributed by atoms with Gasteiger partial charge in [-0.2, -0.15) is 5.26 Å². The molecule has 3 nitrogen and oxygen atoms in total. The smallest absolute Gasteiger partial charge is 0.0625 e. The minimum atomic E-state index is 0.124. The van der Waals surface area contributed by atoms with Gasteiger partial charge in [-0.15, -0.1) is 0 Å². The molecular weight excluding hydrogens is 210 g/mol. The molecule has 1 aliphatic rings. The van der Waals surface area contributed by atoms with Gasteiger partial charge < -0.3 is 0 Å². The van der Waals surface area contributed by atoms with Crippen molar-refractivity contribution in [2.24, 2.45) is 5.92 Å². The lowest BCUT2D eigenvalue weighted by Gasteiger charge is -2.35. The fraction of sp³-hybridized carbons (Fsp3) is 0.571. The molecule has 1 aromatic rings. The predicted molar refractivity (Wildman–Crippen MR) is 67.1 cm³/mol. The zero-order chi connectivity index (χ0) is 12.3. The van der Waals surface area contributed by atoms with E-state index in [2.05, 4.69) is 41.9 Å². The molecule has 1 saturated heterocycles. The SMILES string of the molecule is CC1(C)C(CC#N)CCN1Cc1ccncc1. The largest absolute Gasteiger partial charge is 0.294 e. The molecule has 0 amide bonds. The number of pyridine rings is 1. The Balaban J connectivity index is 2.06. The highest BCUT2D eigenvalue weighted by molar-refractivity contribution is 5.11. The van der Waals surface area contributed by atoms with E-state index in [4.69, 9.17) is 5.26 Å². The van der Waals surface area contributed by atoms with E-state index in [1.54, 1.807) is 0 Å². The first kappa shape index (κ1) is 12.1. The zero-order valence-corrected chi connectivity index (χ0v) is 10.6. The van der Waals surface area contributed by atoms with Crippen LogP contribution in [0, 0.1) is 17.2 Å². The van der Waals surface area contributed by atoms with Crippen molar-refractivity contribution in [1.29, 1.82) is 5.26 Å². The molecule has 1 aliphatic heterocycles. The van der Waals surface area contributed by atoms with Crippen LogP contribution in [-0.4, -0.2) is 22.0 Å². The third-order valence-corrected chi connectivity index (χ3v) is 4.02. The molecule has 17 heavy (non-hydrogen) atoms. The Labute approximate surface area is 103 Å². The third kappa shape index (κ3) is 2.48. The molecular formula is C14H19N3. The number of likely N-dealkylation sites (tertiary alicyclic amines) is 1. The van der Waals surface area contributed by atoms with Crippen molar-refractivity contribution in [3.8, 4) is 6.07 Å². The number of aromatic nitrogens is 1. The lowest BCUT2D eigenvalue weighted by atomic mass is 9.86. The molecule has 2 rings (SSSR count). The summed E-state index contributed by atoms with van der Waals surface area (Å²) in [6.45, 7) is 6.55. The van der Waals surface area contributed by atoms with Gasteiger partial charge in [-0.1, -0.05) is 0 Å². The molecule has 1 atom stereocenters. The zero-order valence-electron chi connectivity index (χ0n) is 10.6. The summed E-state index contributed by atoms with van der Waals surface area (Å²) < 4.78 is 0. The van der Waals surface area contributed by atoms with E-state index in [0.717, 1.165) is 19.5 Å². The Hall–Kier alpha value is -1.40. The summed E-state index contributed by atoms with van der Waals surface area (Å²) in [5, 5.41) is 8.86. The molecule has 3 heteroatoms. The Bertz CT molecular complexity index is 405. The van der Waals surface area contributed by atoms with Crippen LogP contribution in [0.4, 0.5) is 0 Å². The van der Waals surface area contributed by atoms with Gasteiger partial charge in [-0.05, 0) is 50.4 Å². The molecule has 2 heterocycles. The molecule has 0 bridgehead atoms. The maximum absolute atomic E-state index is 8.86. The van der Waals surface area contributed by atoms with Crippen molar-refractivity contribution in [3.05, 3.63) is 30.1 Å². The van der Waals surface area contributed by atoms with Gasteiger partial charge in [-0.25, -0.2) is 0 Å². The first-order valence-electron chi connectivity index (χ1n) is 6.15. The highest BCUT2D eigenvalue weighted by Crippen LogP contribution is 2.37. The van der Waals surface area contributed by atoms with Gasteiger partial charge in [0.1, 0.15) is 0 Å². The van der Waals surface area contributed by atoms with E-state index in [0.29, 0.717) is 12.3 Å². The van der Waals surface area contributed by atoms with Crippen LogP contribution in [0.25, 0.3) is 0 Å². The topological polar surface area (TPSA) is 39.9 Å². The lowest BCUT2D eigenvalue weighted by Crippen LogP contribution is -2.41. The summed E-state index contributed by atoms with van der Waals surface area (Å²) >= 11 is 0. The van der Waals surface area contributed by atoms with Gasteiger partial charge in [0, 0.05) is 30.9 Å². The average molecular weight is 229 g/mol. The third-order valence-electron chi connectivity index (χ3n) is 4.02. The molecule has 90 valence electrons. The van der Waals surface area contributed by atoms with E-state index in [-0.39, 0.29) is 5.54 Å². The van der Waals surface area contributed by atoms with E-state index in [9.17, 15) is 0 Å². The van der Waals surface area contributed by atoms with E-state index in [1.807, 2.05) is 12.4 Å². The van der Waals surface area contributed by atoms with Gasteiger partial charge in [0.15, 0.2) is 0 Å². The second-order valence-electron chi connectivity index (χ2n) is 5.28. The number of hydrogen-bond acceptors (Lipinski definition) is 3. The Morgan fingerprint density at radius 3 is 2.82 bits per heavy atom. The van der Waals surface area contributed by atoms with Crippen molar-refractivity contribution in [1.82, 2.24) is 9.88 Å². The van der Waals surface area contributed by atoms with Crippen molar-refractivity contribution < 1.29 is 0 Å². The maximum Gasteiger partial charge on any atom is 0.0625 e. The highest BCUT2D eigenvalue weighted by atomic mass is 15.2. The van der Waals surface area contributed by atoms with Crippen LogP contribution >= 0.6 is 0 Å². The second kappa shape index (κ2) is 4.85. The average Bonchev–Trinajstić information content (AvgIpc) is 2.58. The summed E-state index contributed by atoms with van der Waals surface area (Å²) in [5.74, 6) is 0.495. The molecule has 1 fully saturated rings. The van der Waals surface area contributed by atoms with Crippen LogP contribution in [0.15, 0.2) is 24.5 Å². The minimum absolute atomic E-state index is 0.124. The summed E-state index contributed by atoms with van der Waals surface area (Å²) in [6.07, 6.45) is 5.47. The molecule has 0 spiro atoms. The standard InChI is InChI=1S/C14H19N3/c1-14(2)13(3-7-15)6-10-17(14)11-12-4-8-16-9-5-12/h4-5,8-9,13H,3,6,10-11H2,1-2H3. The van der Waals surface area contributed by atoms with Crippen LogP contribution in [0.3, 0.4) is 0 Å². The van der Waals surface area contributed by atoms with Gasteiger partial charge in [0.2, 0.25) is 0 Å². The monoisotopic (exact) mass is 229 g/mol. The van der Waals surface area contributed by atoms with Crippen molar-refractivity contribution in [3.63, 3.8) is 0 Å². The summed E-state index contributed by atoms with van der Waals surface area (Å²) in [6, 6.07) is 6.44. The fourth-order valence-corrected chi connectivity index (χ4v) is 2.66. The Kier molecular flexibility index (Phi) is 3.44. The van der Waals surface area contributed by atoms with Crippen LogP contribution in [-0.2, 0) is 6.54 Å². The normalized spacial score (nSPS) is 23.5. The molecule has 0 aliphatic carbocycles. The van der Waals surface area contributed by atoms with Gasteiger partial charge in [0.05, 0.1) is 6.07 Å². The summed E-state index contributed by atoms with van der Waals surface area (Å²) in [7, 11) is 0. The Morgan fingerprint density at radius 1 is 1.47 bits per heavy atom. The molecule has 0 aromatic carbocycles. The van der Waals surface area contributed by atoms with Gasteiger partial charge in [0.25, 0.3) is 0 Å². The quantitative estimate of drug-likeness (QED) is 0.799. The number of nitrogens with zero attached hydrogens (tertiary/aromatic N) is 3. The molecule has 1 unspecified atom stereocenters. The van der Waals surface area contributed by atoms with Crippen molar-refractivity contribution in [2.45, 2.75) is 38.8 Å². The van der Waals surface area contributed by atoms with Crippen LogP contribution < -0.4 is 0 Å². The highest BCUT2D eigenvalue weighted by Gasteiger charge is 2.40. The second-order valence-corrected chi connectivity index (χ2v) is 5.28. The molecule has 1 aromatic heterocycles. The first-order chi connectivity index (χ1) is 8.14. The van der Waals surface area contributed by atoms with Crippen molar-refractivity contribution >= 4 is 0 Å². The van der Waals surface area contributed by atoms with Crippen molar-refractivity contribution in [2.75, 3.05) is 6.54 Å². The van der Waals surface area contributed by atoms with Crippen LogP contribution in [0.1, 0.15) is 32.3 Å². The number of rotatable bonds is 3. The summed E-state index contributed by atoms with van der Waals surface area (Å²) in [5.41, 5.74) is 1.42. The van der Waals surface area contributed by atoms with E-state index >= 15 is 0 Å². The maximum atomic E-state index is 8.86. The fourth-order valence-electron chi connectivity index (χ4n) is 2.66. The summed E-state index contributed by atoms with van der Waals surface area (Å²) in [4.78, 5) is 6.52. The minimum Gasteiger partial charge on any atom is -0.294 e. The van der Waals surface area contributed by atoms with Crippen LogP contribution in [0.2, 0.25) is 0 Å². The molecule has 0 saturated carbocycles. The first-order valence-corrected chi connectivity index (χ1v) is 6.15. The Morgan fingerprint density at radius 2 is 2.18 bits per heavy atom. The molecule has 0 N–H and O–H groups in total. The number of hydrogen-bond donors (Lipinski definition) is 0. The predicted octanol–water partition coefficient (Wildman–Crippen LogP) is 2.60. The van der Waals surface area contributed by atoms with E-state index < -0.39 is 0 Å². The van der Waals surface area contributed by atoms with Crippen LogP contribution in [0.5, 0.6) is 0 Å². The lowest BCUT2D eigenvalue weighted by molar-refractivity contribution is 0.132. The van der Waals surface area contributed by atoms with E-state index in [1.165, 1.54) is 5.56 Å².